The highest BCUT2D eigenvalue weighted by atomic mass is 16.4. The maximum atomic E-state index is 10.5. The summed E-state index contributed by atoms with van der Waals surface area (Å²) in [4.78, 5) is 10.5. The minimum absolute atomic E-state index is 0.198. The lowest BCUT2D eigenvalue weighted by molar-refractivity contribution is -0.141. The molecule has 0 aliphatic heterocycles. The topological polar surface area (TPSA) is 37.3 Å². The Balaban J connectivity index is 3.75. The molecule has 0 aromatic heterocycles. The van der Waals surface area contributed by atoms with Gasteiger partial charge < -0.3 is 5.11 Å². The van der Waals surface area contributed by atoms with Crippen LogP contribution in [-0.4, -0.2) is 11.1 Å². The molecule has 0 saturated carbocycles. The molecule has 0 aromatic carbocycles. The zero-order chi connectivity index (χ0) is 9.78. The van der Waals surface area contributed by atoms with E-state index in [0.717, 1.165) is 19.3 Å². The fourth-order valence-electron chi connectivity index (χ4n) is 0.907. The van der Waals surface area contributed by atoms with E-state index in [1.165, 1.54) is 0 Å². The fraction of sp³-hybridized carbons (Fsp3) is 0.900. The maximum Gasteiger partial charge on any atom is 0.306 e. The molecule has 2 heteroatoms. The lowest BCUT2D eigenvalue weighted by Gasteiger charge is -2.23. The van der Waals surface area contributed by atoms with Crippen LogP contribution in [0.3, 0.4) is 0 Å². The average Bonchev–Trinajstić information content (AvgIpc) is 2.00. The Labute approximate surface area is 75.0 Å². The van der Waals surface area contributed by atoms with Crippen molar-refractivity contribution >= 4 is 5.97 Å². The second kappa shape index (κ2) is 4.48. The van der Waals surface area contributed by atoms with Crippen molar-refractivity contribution in [3.63, 3.8) is 0 Å². The summed E-state index contributed by atoms with van der Waals surface area (Å²) in [6.07, 6.45) is 2.90. The summed E-state index contributed by atoms with van der Waals surface area (Å²) in [5.74, 6) is -0.877. The summed E-state index contributed by atoms with van der Waals surface area (Å²) < 4.78 is 0. The number of hydrogen-bond acceptors (Lipinski definition) is 1. The molecular formula is C10H20O2. The fourth-order valence-corrected chi connectivity index (χ4v) is 0.907. The molecule has 0 heterocycles. The first-order valence-electron chi connectivity index (χ1n) is 4.62. The molecule has 1 atom stereocenters. The molecule has 0 spiro atoms. The average molecular weight is 172 g/mol. The highest BCUT2D eigenvalue weighted by Gasteiger charge is 2.18. The van der Waals surface area contributed by atoms with Crippen LogP contribution in [0.4, 0.5) is 0 Å². The van der Waals surface area contributed by atoms with Crippen LogP contribution in [0, 0.1) is 11.3 Å². The van der Waals surface area contributed by atoms with Gasteiger partial charge in [-0.1, -0.05) is 34.1 Å². The molecule has 1 N–H and O–H groups in total. The summed E-state index contributed by atoms with van der Waals surface area (Å²) in [5, 5.41) is 8.65. The van der Waals surface area contributed by atoms with E-state index >= 15 is 0 Å². The van der Waals surface area contributed by atoms with Gasteiger partial charge in [0.15, 0.2) is 0 Å². The first-order chi connectivity index (χ1) is 5.39. The predicted octanol–water partition coefficient (Wildman–Crippen LogP) is 2.92. The summed E-state index contributed by atoms with van der Waals surface area (Å²) in [5.41, 5.74) is 0.295. The molecule has 1 unspecified atom stereocenters. The van der Waals surface area contributed by atoms with Gasteiger partial charge in [-0.05, 0) is 18.3 Å². The van der Waals surface area contributed by atoms with E-state index in [2.05, 4.69) is 20.8 Å². The Kier molecular flexibility index (Phi) is 4.29. The van der Waals surface area contributed by atoms with Crippen LogP contribution in [0.2, 0.25) is 0 Å². The van der Waals surface area contributed by atoms with Crippen molar-refractivity contribution in [3.05, 3.63) is 0 Å². The Hall–Kier alpha value is -0.530. The molecule has 0 saturated heterocycles. The van der Waals surface area contributed by atoms with Crippen LogP contribution in [0.1, 0.15) is 47.0 Å². The van der Waals surface area contributed by atoms with Crippen molar-refractivity contribution in [1.29, 1.82) is 0 Å². The van der Waals surface area contributed by atoms with E-state index in [1.54, 1.807) is 6.92 Å². The first kappa shape index (κ1) is 11.5. The van der Waals surface area contributed by atoms with Crippen molar-refractivity contribution in [3.8, 4) is 0 Å². The lowest BCUT2D eigenvalue weighted by Crippen LogP contribution is -2.15. The smallest absolute Gasteiger partial charge is 0.306 e. The molecule has 72 valence electrons. The van der Waals surface area contributed by atoms with Gasteiger partial charge in [0, 0.05) is 0 Å². The minimum atomic E-state index is -0.679. The number of rotatable bonds is 5. The van der Waals surface area contributed by atoms with Gasteiger partial charge in [0.2, 0.25) is 0 Å². The van der Waals surface area contributed by atoms with Crippen LogP contribution < -0.4 is 0 Å². The van der Waals surface area contributed by atoms with Gasteiger partial charge >= 0.3 is 5.97 Å². The van der Waals surface area contributed by atoms with Gasteiger partial charge in [-0.3, -0.25) is 4.79 Å². The van der Waals surface area contributed by atoms with E-state index in [9.17, 15) is 4.79 Å². The molecule has 0 aromatic rings. The van der Waals surface area contributed by atoms with E-state index in [4.69, 9.17) is 5.11 Å². The molecule has 12 heavy (non-hydrogen) atoms. The number of carbonyl (C=O) groups is 1. The van der Waals surface area contributed by atoms with Crippen molar-refractivity contribution in [2.45, 2.75) is 47.0 Å². The van der Waals surface area contributed by atoms with Crippen molar-refractivity contribution in [2.24, 2.45) is 11.3 Å². The molecule has 0 radical (unpaired) electrons. The number of hydrogen-bond donors (Lipinski definition) is 1. The standard InChI is InChI=1S/C10H20O2/c1-5-10(3,4)7-6-8(2)9(11)12/h8H,5-7H2,1-4H3,(H,11,12). The molecule has 0 aliphatic carbocycles. The second-order valence-electron chi connectivity index (χ2n) is 4.30. The minimum Gasteiger partial charge on any atom is -0.481 e. The van der Waals surface area contributed by atoms with Crippen LogP contribution in [0.5, 0.6) is 0 Å². The molecular weight excluding hydrogens is 152 g/mol. The SMILES string of the molecule is CCC(C)(C)CCC(C)C(=O)O. The second-order valence-corrected chi connectivity index (χ2v) is 4.30. The first-order valence-corrected chi connectivity index (χ1v) is 4.62. The quantitative estimate of drug-likeness (QED) is 0.692. The highest BCUT2D eigenvalue weighted by Crippen LogP contribution is 2.27. The summed E-state index contributed by atoms with van der Waals surface area (Å²) in [6, 6.07) is 0. The van der Waals surface area contributed by atoms with E-state index < -0.39 is 5.97 Å². The maximum absolute atomic E-state index is 10.5. The van der Waals surface area contributed by atoms with E-state index in [1.807, 2.05) is 0 Å². The van der Waals surface area contributed by atoms with Gasteiger partial charge in [0.25, 0.3) is 0 Å². The van der Waals surface area contributed by atoms with Gasteiger partial charge in [-0.25, -0.2) is 0 Å². The van der Waals surface area contributed by atoms with Crippen LogP contribution >= 0.6 is 0 Å². The van der Waals surface area contributed by atoms with Crippen molar-refractivity contribution in [2.75, 3.05) is 0 Å². The highest BCUT2D eigenvalue weighted by molar-refractivity contribution is 5.69. The van der Waals surface area contributed by atoms with Gasteiger partial charge in [0.1, 0.15) is 0 Å². The van der Waals surface area contributed by atoms with Crippen molar-refractivity contribution < 1.29 is 9.90 Å². The number of carboxylic acids is 1. The zero-order valence-electron chi connectivity index (χ0n) is 8.55. The molecule has 0 fully saturated rings. The predicted molar refractivity (Wildman–Crippen MR) is 50.1 cm³/mol. The van der Waals surface area contributed by atoms with Gasteiger partial charge in [-0.2, -0.15) is 0 Å². The lowest BCUT2D eigenvalue weighted by atomic mass is 9.83. The molecule has 0 aliphatic rings. The Bertz CT molecular complexity index is 150. The molecule has 0 amide bonds. The third-order valence-corrected chi connectivity index (χ3v) is 2.63. The normalized spacial score (nSPS) is 14.3. The van der Waals surface area contributed by atoms with Gasteiger partial charge in [0.05, 0.1) is 5.92 Å². The van der Waals surface area contributed by atoms with E-state index in [-0.39, 0.29) is 5.92 Å². The molecule has 2 nitrogen and oxygen atoms in total. The Morgan fingerprint density at radius 1 is 1.50 bits per heavy atom. The molecule has 0 bridgehead atoms. The van der Waals surface area contributed by atoms with Crippen molar-refractivity contribution in [1.82, 2.24) is 0 Å². The summed E-state index contributed by atoms with van der Waals surface area (Å²) in [6.45, 7) is 8.28. The third-order valence-electron chi connectivity index (χ3n) is 2.63. The number of carboxylic acid groups (broad SMARTS) is 1. The van der Waals surface area contributed by atoms with Crippen LogP contribution in [-0.2, 0) is 4.79 Å². The molecule has 0 rings (SSSR count). The number of aliphatic carboxylic acids is 1. The Morgan fingerprint density at radius 2 is 2.00 bits per heavy atom. The van der Waals surface area contributed by atoms with Gasteiger partial charge in [-0.15, -0.1) is 0 Å². The monoisotopic (exact) mass is 172 g/mol. The zero-order valence-corrected chi connectivity index (χ0v) is 8.55. The van der Waals surface area contributed by atoms with Crippen LogP contribution in [0.25, 0.3) is 0 Å². The third kappa shape index (κ3) is 4.37. The Morgan fingerprint density at radius 3 is 2.33 bits per heavy atom. The van der Waals surface area contributed by atoms with E-state index in [0.29, 0.717) is 5.41 Å². The van der Waals surface area contributed by atoms with Crippen LogP contribution in [0.15, 0.2) is 0 Å². The summed E-state index contributed by atoms with van der Waals surface area (Å²) in [7, 11) is 0. The summed E-state index contributed by atoms with van der Waals surface area (Å²) >= 11 is 0. The largest absolute Gasteiger partial charge is 0.481 e.